The maximum atomic E-state index is 5.23. The molecule has 0 heterocycles. The Bertz CT molecular complexity index is 223. The molecule has 3 unspecified atom stereocenters. The fraction of sp³-hybridized carbons (Fsp3) is 1.00. The average molecular weight is 270 g/mol. The fourth-order valence-electron chi connectivity index (χ4n) is 3.36. The molecule has 0 aromatic rings. The molecule has 3 heteroatoms. The number of nitrogens with one attached hydrogen (secondary N) is 1. The first-order valence-corrected chi connectivity index (χ1v) is 8.15. The second-order valence-corrected chi connectivity index (χ2v) is 6.07. The van der Waals surface area contributed by atoms with Crippen molar-refractivity contribution in [1.82, 2.24) is 10.2 Å². The third-order valence-electron chi connectivity index (χ3n) is 4.49. The smallest absolute Gasteiger partial charge is 0.0589 e. The lowest BCUT2D eigenvalue weighted by Gasteiger charge is -2.41. The van der Waals surface area contributed by atoms with Crippen molar-refractivity contribution in [2.45, 2.75) is 64.5 Å². The molecule has 1 N–H and O–H groups in total. The van der Waals surface area contributed by atoms with Gasteiger partial charge >= 0.3 is 0 Å². The summed E-state index contributed by atoms with van der Waals surface area (Å²) >= 11 is 0. The first kappa shape index (κ1) is 16.9. The van der Waals surface area contributed by atoms with Crippen LogP contribution >= 0.6 is 0 Å². The zero-order valence-corrected chi connectivity index (χ0v) is 13.5. The van der Waals surface area contributed by atoms with E-state index in [-0.39, 0.29) is 0 Å². The van der Waals surface area contributed by atoms with Crippen molar-refractivity contribution in [3.05, 3.63) is 0 Å². The van der Waals surface area contributed by atoms with E-state index in [1.165, 1.54) is 38.5 Å². The molecule has 114 valence electrons. The van der Waals surface area contributed by atoms with Crippen LogP contribution in [0.15, 0.2) is 0 Å². The van der Waals surface area contributed by atoms with E-state index < -0.39 is 0 Å². The average Bonchev–Trinajstić information content (AvgIpc) is 2.43. The molecule has 0 aromatic heterocycles. The number of ether oxygens (including phenoxy) is 1. The van der Waals surface area contributed by atoms with Crippen molar-refractivity contribution in [2.24, 2.45) is 5.92 Å². The number of methoxy groups -OCH3 is 1. The summed E-state index contributed by atoms with van der Waals surface area (Å²) in [4.78, 5) is 2.51. The van der Waals surface area contributed by atoms with Crippen LogP contribution in [-0.2, 0) is 4.74 Å². The quantitative estimate of drug-likeness (QED) is 0.697. The molecule has 0 amide bonds. The van der Waals surface area contributed by atoms with Crippen molar-refractivity contribution in [3.8, 4) is 0 Å². The van der Waals surface area contributed by atoms with Crippen LogP contribution in [0.25, 0.3) is 0 Å². The molecular formula is C16H34N2O. The normalized spacial score (nSPS) is 27.9. The fourth-order valence-corrected chi connectivity index (χ4v) is 3.36. The van der Waals surface area contributed by atoms with E-state index in [4.69, 9.17) is 4.74 Å². The number of nitrogens with zero attached hydrogens (tertiary/aromatic N) is 1. The van der Waals surface area contributed by atoms with Crippen molar-refractivity contribution in [1.29, 1.82) is 0 Å². The van der Waals surface area contributed by atoms with Gasteiger partial charge < -0.3 is 10.1 Å². The Morgan fingerprint density at radius 2 is 2.00 bits per heavy atom. The Kier molecular flexibility index (Phi) is 8.67. The molecule has 1 aliphatic rings. The van der Waals surface area contributed by atoms with Crippen LogP contribution in [0.5, 0.6) is 0 Å². The highest BCUT2D eigenvalue weighted by Crippen LogP contribution is 2.30. The van der Waals surface area contributed by atoms with Crippen LogP contribution in [0.2, 0.25) is 0 Å². The van der Waals surface area contributed by atoms with E-state index in [1.807, 2.05) is 0 Å². The van der Waals surface area contributed by atoms with Gasteiger partial charge in [0, 0.05) is 25.7 Å². The minimum Gasteiger partial charge on any atom is -0.383 e. The zero-order valence-electron chi connectivity index (χ0n) is 13.5. The molecule has 0 bridgehead atoms. The highest BCUT2D eigenvalue weighted by molar-refractivity contribution is 4.90. The van der Waals surface area contributed by atoms with Crippen molar-refractivity contribution < 1.29 is 4.74 Å². The van der Waals surface area contributed by atoms with Gasteiger partial charge in [-0.25, -0.2) is 0 Å². The molecule has 1 saturated carbocycles. The van der Waals surface area contributed by atoms with E-state index in [0.717, 1.165) is 25.6 Å². The molecule has 1 fully saturated rings. The minimum atomic E-state index is 0.676. The molecule has 0 spiro atoms. The third-order valence-corrected chi connectivity index (χ3v) is 4.49. The van der Waals surface area contributed by atoms with Gasteiger partial charge in [0.15, 0.2) is 0 Å². The summed E-state index contributed by atoms with van der Waals surface area (Å²) in [5.41, 5.74) is 0. The largest absolute Gasteiger partial charge is 0.383 e. The Labute approximate surface area is 120 Å². The van der Waals surface area contributed by atoms with Gasteiger partial charge in [0.2, 0.25) is 0 Å². The lowest BCUT2D eigenvalue weighted by Crippen LogP contribution is -2.52. The number of hydrogen-bond donors (Lipinski definition) is 1. The highest BCUT2D eigenvalue weighted by Gasteiger charge is 2.31. The van der Waals surface area contributed by atoms with Gasteiger partial charge in [-0.15, -0.1) is 0 Å². The summed E-state index contributed by atoms with van der Waals surface area (Å²) < 4.78 is 5.23. The Balaban J connectivity index is 2.53. The van der Waals surface area contributed by atoms with E-state index in [0.29, 0.717) is 12.1 Å². The van der Waals surface area contributed by atoms with E-state index in [1.54, 1.807) is 7.11 Å². The van der Waals surface area contributed by atoms with Crippen molar-refractivity contribution >= 4 is 0 Å². The molecule has 3 atom stereocenters. The van der Waals surface area contributed by atoms with Gasteiger partial charge in [0.1, 0.15) is 0 Å². The summed E-state index contributed by atoms with van der Waals surface area (Å²) in [6.07, 6.45) is 8.05. The molecule has 19 heavy (non-hydrogen) atoms. The summed E-state index contributed by atoms with van der Waals surface area (Å²) in [5.74, 6) is 0.930. The maximum absolute atomic E-state index is 5.23. The van der Waals surface area contributed by atoms with Gasteiger partial charge in [0.05, 0.1) is 6.61 Å². The zero-order chi connectivity index (χ0) is 14.1. The molecule has 3 nitrogen and oxygen atoms in total. The van der Waals surface area contributed by atoms with Crippen molar-refractivity contribution in [3.63, 3.8) is 0 Å². The van der Waals surface area contributed by atoms with Gasteiger partial charge in [-0.1, -0.05) is 26.7 Å². The Hall–Kier alpha value is -0.120. The number of rotatable bonds is 9. The molecule has 1 aliphatic carbocycles. The second kappa shape index (κ2) is 9.73. The monoisotopic (exact) mass is 270 g/mol. The Morgan fingerprint density at radius 1 is 1.21 bits per heavy atom. The predicted molar refractivity (Wildman–Crippen MR) is 82.6 cm³/mol. The molecule has 0 saturated heterocycles. The SMILES string of the molecule is CCCNC1CCC(CCC)CC1N(C)CCOC. The van der Waals surface area contributed by atoms with Crippen molar-refractivity contribution in [2.75, 3.05) is 33.9 Å². The molecule has 0 radical (unpaired) electrons. The summed E-state index contributed by atoms with van der Waals surface area (Å²) in [6.45, 7) is 7.60. The van der Waals surface area contributed by atoms with Gasteiger partial charge in [-0.3, -0.25) is 4.90 Å². The molecule has 0 aliphatic heterocycles. The first-order chi connectivity index (χ1) is 9.22. The Morgan fingerprint density at radius 3 is 2.63 bits per heavy atom. The second-order valence-electron chi connectivity index (χ2n) is 6.07. The van der Waals surface area contributed by atoms with E-state index in [2.05, 4.69) is 31.1 Å². The molecule has 1 rings (SSSR count). The van der Waals surface area contributed by atoms with Crippen LogP contribution in [-0.4, -0.2) is 50.8 Å². The predicted octanol–water partition coefficient (Wildman–Crippen LogP) is 2.90. The van der Waals surface area contributed by atoms with Crippen LogP contribution in [0, 0.1) is 5.92 Å². The summed E-state index contributed by atoms with van der Waals surface area (Å²) in [6, 6.07) is 1.36. The maximum Gasteiger partial charge on any atom is 0.0589 e. The first-order valence-electron chi connectivity index (χ1n) is 8.15. The standard InChI is InChI=1S/C16H34N2O/c1-5-7-14-8-9-15(17-10-6-2)16(13-14)18(3)11-12-19-4/h14-17H,5-13H2,1-4H3. The summed E-state index contributed by atoms with van der Waals surface area (Å²) in [5, 5.41) is 3.76. The van der Waals surface area contributed by atoms with Gasteiger partial charge in [-0.2, -0.15) is 0 Å². The number of hydrogen-bond acceptors (Lipinski definition) is 3. The van der Waals surface area contributed by atoms with Gasteiger partial charge in [0.25, 0.3) is 0 Å². The van der Waals surface area contributed by atoms with Gasteiger partial charge in [-0.05, 0) is 45.2 Å². The van der Waals surface area contributed by atoms with Crippen LogP contribution < -0.4 is 5.32 Å². The van der Waals surface area contributed by atoms with E-state index >= 15 is 0 Å². The van der Waals surface area contributed by atoms with Crippen LogP contribution in [0.1, 0.15) is 52.4 Å². The summed E-state index contributed by atoms with van der Waals surface area (Å²) in [7, 11) is 4.06. The van der Waals surface area contributed by atoms with E-state index in [9.17, 15) is 0 Å². The lowest BCUT2D eigenvalue weighted by molar-refractivity contribution is 0.0853. The minimum absolute atomic E-state index is 0.676. The number of likely N-dealkylation sites (N-methyl/N-ethyl adjacent to an activating group) is 1. The van der Waals surface area contributed by atoms with Crippen LogP contribution in [0.3, 0.4) is 0 Å². The molecular weight excluding hydrogens is 236 g/mol. The molecule has 0 aromatic carbocycles. The lowest BCUT2D eigenvalue weighted by atomic mass is 9.79. The topological polar surface area (TPSA) is 24.5 Å². The van der Waals surface area contributed by atoms with Crippen LogP contribution in [0.4, 0.5) is 0 Å². The highest BCUT2D eigenvalue weighted by atomic mass is 16.5. The third kappa shape index (κ3) is 5.80.